The summed E-state index contributed by atoms with van der Waals surface area (Å²) in [5, 5.41) is 9.70. The number of anilines is 1. The summed E-state index contributed by atoms with van der Waals surface area (Å²) in [7, 11) is 0. The van der Waals surface area contributed by atoms with Gasteiger partial charge in [0.25, 0.3) is 0 Å². The first-order valence-electron chi connectivity index (χ1n) is 9.13. The summed E-state index contributed by atoms with van der Waals surface area (Å²) in [6, 6.07) is 12.1. The molecule has 5 rings (SSSR count). The third-order valence-corrected chi connectivity index (χ3v) is 5.11. The number of rotatable bonds is 4. The molecular formula is C21H18FN5O. The Balaban J connectivity index is 1.48. The predicted octanol–water partition coefficient (Wildman–Crippen LogP) is 4.00. The fourth-order valence-electron chi connectivity index (χ4n) is 3.38. The Morgan fingerprint density at radius 2 is 2.04 bits per heavy atom. The van der Waals surface area contributed by atoms with E-state index in [0.29, 0.717) is 17.9 Å². The molecular weight excluding hydrogens is 357 g/mol. The molecule has 6 nitrogen and oxygen atoms in total. The van der Waals surface area contributed by atoms with E-state index in [1.165, 1.54) is 0 Å². The van der Waals surface area contributed by atoms with E-state index in [4.69, 9.17) is 0 Å². The monoisotopic (exact) mass is 375 g/mol. The number of H-pyrrole nitrogens is 1. The van der Waals surface area contributed by atoms with E-state index in [1.54, 1.807) is 12.4 Å². The molecule has 2 unspecified atom stereocenters. The summed E-state index contributed by atoms with van der Waals surface area (Å²) in [6.07, 6.45) is 4.74. The maximum absolute atomic E-state index is 13.1. The van der Waals surface area contributed by atoms with Gasteiger partial charge in [-0.2, -0.15) is 5.10 Å². The molecule has 28 heavy (non-hydrogen) atoms. The molecule has 2 atom stereocenters. The molecule has 1 aromatic carbocycles. The highest BCUT2D eigenvalue weighted by Gasteiger charge is 2.43. The van der Waals surface area contributed by atoms with Crippen LogP contribution in [0.25, 0.3) is 28.0 Å². The second-order valence-electron chi connectivity index (χ2n) is 7.16. The van der Waals surface area contributed by atoms with Crippen molar-refractivity contribution in [3.63, 3.8) is 0 Å². The fraction of sp³-hybridized carbons (Fsp3) is 0.190. The second-order valence-corrected chi connectivity index (χ2v) is 7.16. The molecule has 140 valence electrons. The highest BCUT2D eigenvalue weighted by atomic mass is 19.1. The molecule has 0 radical (unpaired) electrons. The number of nitrogens with one attached hydrogen (secondary N) is 2. The highest BCUT2D eigenvalue weighted by Crippen LogP contribution is 2.34. The lowest BCUT2D eigenvalue weighted by atomic mass is 9.98. The van der Waals surface area contributed by atoms with Gasteiger partial charge in [0.2, 0.25) is 5.91 Å². The third-order valence-electron chi connectivity index (χ3n) is 5.11. The molecule has 2 N–H and O–H groups in total. The van der Waals surface area contributed by atoms with Gasteiger partial charge in [-0.25, -0.2) is 9.37 Å². The van der Waals surface area contributed by atoms with Crippen molar-refractivity contribution in [3.8, 4) is 22.4 Å². The zero-order valence-electron chi connectivity index (χ0n) is 15.2. The number of nitrogens with zero attached hydrogens (tertiary/aromatic N) is 3. The Morgan fingerprint density at radius 1 is 1.21 bits per heavy atom. The summed E-state index contributed by atoms with van der Waals surface area (Å²) in [5.41, 5.74) is 6.02. The lowest BCUT2D eigenvalue weighted by molar-refractivity contribution is -0.117. The SMILES string of the molecule is Cc1ccc(-c2ccn[nH]2)cc1-c1ccc2nc(NC(=O)C3CC3F)cn2c1. The standard InChI is InChI=1S/C21H18FN5O/c1-12-2-3-13(18-6-7-23-26-18)8-15(12)14-4-5-20-24-19(11-27(20)10-14)25-21(28)16-9-17(16)22/h2-8,10-11,16-17H,9H2,1H3,(H,23,26)(H,25,28). The molecule has 0 spiro atoms. The Labute approximate surface area is 160 Å². The van der Waals surface area contributed by atoms with Crippen LogP contribution in [0.15, 0.2) is 55.0 Å². The lowest BCUT2D eigenvalue weighted by Gasteiger charge is -2.09. The summed E-state index contributed by atoms with van der Waals surface area (Å²) in [6.45, 7) is 2.07. The normalized spacial score (nSPS) is 18.4. The van der Waals surface area contributed by atoms with Gasteiger partial charge in [-0.1, -0.05) is 12.1 Å². The van der Waals surface area contributed by atoms with Crippen LogP contribution in [0.4, 0.5) is 10.2 Å². The Morgan fingerprint density at radius 3 is 2.79 bits per heavy atom. The van der Waals surface area contributed by atoms with Crippen molar-refractivity contribution in [2.45, 2.75) is 19.5 Å². The van der Waals surface area contributed by atoms with Crippen molar-refractivity contribution in [3.05, 3.63) is 60.6 Å². The largest absolute Gasteiger partial charge is 0.309 e. The van der Waals surface area contributed by atoms with Crippen LogP contribution in [0.3, 0.4) is 0 Å². The smallest absolute Gasteiger partial charge is 0.231 e. The minimum absolute atomic E-state index is 0.301. The van der Waals surface area contributed by atoms with Crippen LogP contribution in [0, 0.1) is 12.8 Å². The number of carbonyl (C=O) groups is 1. The number of aromatic amines is 1. The predicted molar refractivity (Wildman–Crippen MR) is 105 cm³/mol. The van der Waals surface area contributed by atoms with Crippen molar-refractivity contribution < 1.29 is 9.18 Å². The number of hydrogen-bond donors (Lipinski definition) is 2. The minimum Gasteiger partial charge on any atom is -0.309 e. The van der Waals surface area contributed by atoms with Crippen molar-refractivity contribution in [1.82, 2.24) is 19.6 Å². The van der Waals surface area contributed by atoms with Crippen LogP contribution in [-0.2, 0) is 4.79 Å². The van der Waals surface area contributed by atoms with Gasteiger partial charge < -0.3 is 9.72 Å². The zero-order chi connectivity index (χ0) is 19.3. The Kier molecular flexibility index (Phi) is 3.75. The summed E-state index contributed by atoms with van der Waals surface area (Å²) in [5.74, 6) is -0.406. The van der Waals surface area contributed by atoms with Gasteiger partial charge in [0.1, 0.15) is 11.8 Å². The number of alkyl halides is 1. The maximum Gasteiger partial charge on any atom is 0.231 e. The number of fused-ring (bicyclic) bond motifs is 1. The first-order valence-corrected chi connectivity index (χ1v) is 9.13. The molecule has 1 aliphatic rings. The molecule has 4 aromatic rings. The molecule has 0 bridgehead atoms. The van der Waals surface area contributed by atoms with E-state index < -0.39 is 12.1 Å². The zero-order valence-corrected chi connectivity index (χ0v) is 15.2. The van der Waals surface area contributed by atoms with Gasteiger partial charge in [0.15, 0.2) is 5.82 Å². The molecule has 1 amide bonds. The van der Waals surface area contributed by atoms with Gasteiger partial charge in [0, 0.05) is 18.0 Å². The molecule has 7 heteroatoms. The van der Waals surface area contributed by atoms with Crippen LogP contribution in [0.1, 0.15) is 12.0 Å². The van der Waals surface area contributed by atoms with E-state index >= 15 is 0 Å². The molecule has 1 aliphatic carbocycles. The van der Waals surface area contributed by atoms with Crippen LogP contribution < -0.4 is 5.32 Å². The topological polar surface area (TPSA) is 75.1 Å². The van der Waals surface area contributed by atoms with E-state index in [2.05, 4.69) is 45.6 Å². The van der Waals surface area contributed by atoms with Crippen LogP contribution >= 0.6 is 0 Å². The lowest BCUT2D eigenvalue weighted by Crippen LogP contribution is -2.15. The average molecular weight is 375 g/mol. The quantitative estimate of drug-likeness (QED) is 0.566. The molecule has 0 saturated heterocycles. The number of pyridine rings is 1. The Hall–Kier alpha value is -3.48. The third kappa shape index (κ3) is 2.94. The van der Waals surface area contributed by atoms with E-state index in [9.17, 15) is 9.18 Å². The molecule has 3 heterocycles. The van der Waals surface area contributed by atoms with Crippen molar-refractivity contribution in [2.24, 2.45) is 5.92 Å². The van der Waals surface area contributed by atoms with Gasteiger partial charge >= 0.3 is 0 Å². The first kappa shape index (κ1) is 16.7. The first-order chi connectivity index (χ1) is 13.6. The van der Waals surface area contributed by atoms with Crippen molar-refractivity contribution in [1.29, 1.82) is 0 Å². The van der Waals surface area contributed by atoms with Gasteiger partial charge in [-0.15, -0.1) is 0 Å². The average Bonchev–Trinajstić information content (AvgIpc) is 3.09. The number of benzene rings is 1. The molecule has 0 aliphatic heterocycles. The Bertz CT molecular complexity index is 1180. The van der Waals surface area contributed by atoms with Gasteiger partial charge in [-0.3, -0.25) is 9.89 Å². The highest BCUT2D eigenvalue weighted by molar-refractivity contribution is 5.94. The number of aryl methyl sites for hydroxylation is 1. The summed E-state index contributed by atoms with van der Waals surface area (Å²) < 4.78 is 14.9. The number of aromatic nitrogens is 4. The number of imidazole rings is 1. The summed E-state index contributed by atoms with van der Waals surface area (Å²) in [4.78, 5) is 16.3. The molecule has 1 fully saturated rings. The van der Waals surface area contributed by atoms with Crippen molar-refractivity contribution in [2.75, 3.05) is 5.32 Å². The van der Waals surface area contributed by atoms with E-state index in [0.717, 1.165) is 27.9 Å². The second kappa shape index (κ2) is 6.30. The van der Waals surface area contributed by atoms with Crippen LogP contribution in [0.5, 0.6) is 0 Å². The molecule has 1 saturated carbocycles. The minimum atomic E-state index is -1.02. The van der Waals surface area contributed by atoms with E-state index in [1.807, 2.05) is 28.8 Å². The maximum atomic E-state index is 13.1. The van der Waals surface area contributed by atoms with Gasteiger partial charge in [-0.05, 0) is 54.3 Å². The fourth-order valence-corrected chi connectivity index (χ4v) is 3.38. The summed E-state index contributed by atoms with van der Waals surface area (Å²) >= 11 is 0. The number of carbonyl (C=O) groups excluding carboxylic acids is 1. The number of hydrogen-bond acceptors (Lipinski definition) is 3. The number of halogens is 1. The van der Waals surface area contributed by atoms with Gasteiger partial charge in [0.05, 0.1) is 17.8 Å². The van der Waals surface area contributed by atoms with Crippen molar-refractivity contribution >= 4 is 17.4 Å². The number of amides is 1. The van der Waals surface area contributed by atoms with Crippen LogP contribution in [0.2, 0.25) is 0 Å². The van der Waals surface area contributed by atoms with Crippen LogP contribution in [-0.4, -0.2) is 31.7 Å². The van der Waals surface area contributed by atoms with E-state index in [-0.39, 0.29) is 5.91 Å². The molecule has 3 aromatic heterocycles.